The zero-order chi connectivity index (χ0) is 44.0. The SMILES string of the molecule is CCOC(=O)C1=C[C@@H](Br)[C@H](N)[C@H](O[Si](c2ccccc2)(c2ccccc2)C(C)(C)C)C1.CCOC(=O)C1=C[C@@H]2N[C@@H]2[C@H](O[Si](c2ccccc2)(c2ccccc2)C(C)(C)C)C1. The predicted octanol–water partition coefficient (Wildman–Crippen LogP) is 7.08. The Hall–Kier alpha value is -3.95. The third-order valence-corrected chi connectivity index (χ3v) is 23.0. The van der Waals surface area contributed by atoms with Crippen molar-refractivity contribution in [1.82, 2.24) is 5.32 Å². The van der Waals surface area contributed by atoms with Crippen molar-refractivity contribution >= 4 is 65.3 Å². The van der Waals surface area contributed by atoms with Gasteiger partial charge in [0.15, 0.2) is 0 Å². The quantitative estimate of drug-likeness (QED) is 0.0671. The van der Waals surface area contributed by atoms with E-state index in [-0.39, 0.29) is 57.2 Å². The molecular weight excluding hydrogens is 861 g/mol. The number of carbonyl (C=O) groups excluding carboxylic acids is 2. The van der Waals surface area contributed by atoms with Crippen LogP contribution >= 0.6 is 15.9 Å². The minimum absolute atomic E-state index is 0.0642. The molecule has 0 aromatic heterocycles. The Labute approximate surface area is 373 Å². The molecule has 1 heterocycles. The minimum atomic E-state index is -2.77. The Bertz CT molecular complexity index is 2060. The topological polar surface area (TPSA) is 119 Å². The normalized spacial score (nSPS) is 22.7. The van der Waals surface area contributed by atoms with Crippen molar-refractivity contribution in [2.45, 2.75) is 113 Å². The molecule has 7 rings (SSSR count). The van der Waals surface area contributed by atoms with Gasteiger partial charge in [-0.1, -0.05) is 191 Å². The summed E-state index contributed by atoms with van der Waals surface area (Å²) in [4.78, 5) is 24.8. The summed E-state index contributed by atoms with van der Waals surface area (Å²) in [5, 5.41) is 8.14. The number of carbonyl (C=O) groups is 2. The lowest BCUT2D eigenvalue weighted by atomic mass is 9.93. The molecule has 11 heteroatoms. The first-order valence-electron chi connectivity index (χ1n) is 21.6. The molecule has 0 unspecified atom stereocenters. The highest BCUT2D eigenvalue weighted by Gasteiger charge is 2.56. The summed E-state index contributed by atoms with van der Waals surface area (Å²) in [7, 11) is -5.43. The van der Waals surface area contributed by atoms with Crippen LogP contribution in [0, 0.1) is 0 Å². The Morgan fingerprint density at radius 1 is 0.607 bits per heavy atom. The number of esters is 2. The van der Waals surface area contributed by atoms with Gasteiger partial charge in [0, 0.05) is 36.1 Å². The Morgan fingerprint density at radius 3 is 1.31 bits per heavy atom. The molecule has 0 radical (unpaired) electrons. The van der Waals surface area contributed by atoms with E-state index >= 15 is 0 Å². The number of halogens is 1. The van der Waals surface area contributed by atoms with Crippen LogP contribution in [0.5, 0.6) is 0 Å². The maximum atomic E-state index is 12.5. The van der Waals surface area contributed by atoms with Crippen LogP contribution in [0.4, 0.5) is 0 Å². The highest BCUT2D eigenvalue weighted by Crippen LogP contribution is 2.42. The summed E-state index contributed by atoms with van der Waals surface area (Å²) in [5.74, 6) is -0.518. The average molecular weight is 924 g/mol. The first kappa shape index (κ1) is 46.6. The van der Waals surface area contributed by atoms with Crippen LogP contribution in [0.15, 0.2) is 145 Å². The van der Waals surface area contributed by atoms with Crippen molar-refractivity contribution in [3.63, 3.8) is 0 Å². The first-order valence-corrected chi connectivity index (χ1v) is 26.3. The lowest BCUT2D eigenvalue weighted by Crippen LogP contribution is -2.69. The van der Waals surface area contributed by atoms with Crippen LogP contribution in [0.3, 0.4) is 0 Å². The van der Waals surface area contributed by atoms with Crippen molar-refractivity contribution in [2.24, 2.45) is 5.73 Å². The fourth-order valence-corrected chi connectivity index (χ4v) is 19.1. The zero-order valence-corrected chi connectivity index (χ0v) is 40.5. The summed E-state index contributed by atoms with van der Waals surface area (Å²) in [5.41, 5.74) is 7.97. The number of ether oxygens (including phenoxy) is 2. The monoisotopic (exact) mass is 922 g/mol. The molecule has 324 valence electrons. The van der Waals surface area contributed by atoms with E-state index in [0.29, 0.717) is 31.6 Å². The fraction of sp³-hybridized carbons (Fsp3) is 0.400. The van der Waals surface area contributed by atoms with Gasteiger partial charge in [0.2, 0.25) is 0 Å². The van der Waals surface area contributed by atoms with E-state index in [0.717, 1.165) is 5.57 Å². The lowest BCUT2D eigenvalue weighted by Gasteiger charge is -2.47. The third kappa shape index (κ3) is 9.99. The maximum absolute atomic E-state index is 12.5. The minimum Gasteiger partial charge on any atom is -0.463 e. The maximum Gasteiger partial charge on any atom is 0.333 e. The van der Waals surface area contributed by atoms with Crippen LogP contribution in [0.1, 0.15) is 68.2 Å². The van der Waals surface area contributed by atoms with Gasteiger partial charge in [0.25, 0.3) is 16.6 Å². The van der Waals surface area contributed by atoms with Crippen LogP contribution in [0.25, 0.3) is 0 Å². The van der Waals surface area contributed by atoms with Gasteiger partial charge in [-0.05, 0) is 44.7 Å². The van der Waals surface area contributed by atoms with E-state index in [9.17, 15) is 9.59 Å². The lowest BCUT2D eigenvalue weighted by molar-refractivity contribution is -0.139. The second-order valence-electron chi connectivity index (χ2n) is 18.1. The number of fused-ring (bicyclic) bond motifs is 1. The molecule has 4 aromatic rings. The number of nitrogens with two attached hydrogens (primary N) is 1. The second kappa shape index (κ2) is 19.6. The van der Waals surface area contributed by atoms with E-state index < -0.39 is 16.6 Å². The summed E-state index contributed by atoms with van der Waals surface area (Å²) in [6.07, 6.45) is 4.53. The number of hydrogen-bond donors (Lipinski definition) is 2. The number of hydrogen-bond acceptors (Lipinski definition) is 8. The van der Waals surface area contributed by atoms with Gasteiger partial charge in [-0.3, -0.25) is 0 Å². The molecule has 2 aliphatic carbocycles. The van der Waals surface area contributed by atoms with E-state index in [1.807, 2.05) is 38.1 Å². The standard InChI is InChI=1S/C25H32BrNO3Si.C25H31NO3Si/c1-5-29-24(28)18-16-21(26)23(27)22(17-18)30-31(25(2,3)4,19-12-8-6-9-13-19)20-14-10-7-11-15-20;1-5-28-24(27)18-16-21-23(26-21)22(17-18)29-30(25(2,3)4,19-12-8-6-9-13-19)20-14-10-7-11-15-20/h6-16,21-23H,5,17,27H2,1-4H3;6-16,21-23,26H,5,17H2,1-4H3/t21-,22-,23+;21-,22+,23-/m10/s1. The van der Waals surface area contributed by atoms with Gasteiger partial charge in [-0.2, -0.15) is 0 Å². The third-order valence-electron chi connectivity index (χ3n) is 12.0. The molecule has 1 aliphatic heterocycles. The number of rotatable bonds is 12. The molecule has 3 N–H and O–H groups in total. The first-order chi connectivity index (χ1) is 29.1. The summed E-state index contributed by atoms with van der Waals surface area (Å²) in [6.45, 7) is 17.9. The fourth-order valence-electron chi connectivity index (χ4n) is 9.04. The van der Waals surface area contributed by atoms with Gasteiger partial charge >= 0.3 is 11.9 Å². The molecule has 1 saturated heterocycles. The van der Waals surface area contributed by atoms with E-state index in [2.05, 4.69) is 172 Å². The van der Waals surface area contributed by atoms with Crippen LogP contribution in [-0.2, 0) is 27.9 Å². The van der Waals surface area contributed by atoms with E-state index in [1.165, 1.54) is 20.7 Å². The molecule has 0 bridgehead atoms. The molecule has 1 fully saturated rings. The molecule has 3 aliphatic rings. The number of benzene rings is 4. The van der Waals surface area contributed by atoms with E-state index in [1.54, 1.807) is 0 Å². The van der Waals surface area contributed by atoms with Crippen molar-refractivity contribution in [3.8, 4) is 0 Å². The van der Waals surface area contributed by atoms with Crippen molar-refractivity contribution in [2.75, 3.05) is 13.2 Å². The average Bonchev–Trinajstić information content (AvgIpc) is 4.04. The largest absolute Gasteiger partial charge is 0.463 e. The second-order valence-corrected chi connectivity index (χ2v) is 27.7. The molecule has 0 saturated carbocycles. The van der Waals surface area contributed by atoms with Gasteiger partial charge in [0.05, 0.1) is 36.3 Å². The van der Waals surface area contributed by atoms with Crippen molar-refractivity contribution in [3.05, 3.63) is 145 Å². The van der Waals surface area contributed by atoms with Gasteiger partial charge in [-0.15, -0.1) is 0 Å². The molecule has 0 spiro atoms. The highest BCUT2D eigenvalue weighted by molar-refractivity contribution is 9.09. The molecule has 61 heavy (non-hydrogen) atoms. The summed E-state index contributed by atoms with van der Waals surface area (Å²) >= 11 is 3.65. The Morgan fingerprint density at radius 2 is 0.951 bits per heavy atom. The van der Waals surface area contributed by atoms with Crippen molar-refractivity contribution < 1.29 is 27.9 Å². The molecule has 0 amide bonds. The molecule has 4 aromatic carbocycles. The number of alkyl halides is 1. The van der Waals surface area contributed by atoms with Crippen LogP contribution in [-0.4, -0.2) is 76.9 Å². The van der Waals surface area contributed by atoms with E-state index in [4.69, 9.17) is 24.1 Å². The Balaban J connectivity index is 0.000000204. The smallest absolute Gasteiger partial charge is 0.333 e. The summed E-state index contributed by atoms with van der Waals surface area (Å²) < 4.78 is 25.0. The molecule has 8 nitrogen and oxygen atoms in total. The number of nitrogens with one attached hydrogen (secondary N) is 1. The van der Waals surface area contributed by atoms with Gasteiger partial charge < -0.3 is 29.4 Å². The Kier molecular flexibility index (Phi) is 15.0. The molecule has 6 atom stereocenters. The van der Waals surface area contributed by atoms with Gasteiger partial charge in [-0.25, -0.2) is 9.59 Å². The summed E-state index contributed by atoms with van der Waals surface area (Å²) in [6, 6.07) is 42.4. The van der Waals surface area contributed by atoms with Crippen LogP contribution < -0.4 is 31.8 Å². The van der Waals surface area contributed by atoms with Gasteiger partial charge in [0.1, 0.15) is 0 Å². The predicted molar refractivity (Wildman–Crippen MR) is 255 cm³/mol. The van der Waals surface area contributed by atoms with Crippen molar-refractivity contribution in [1.29, 1.82) is 0 Å². The van der Waals surface area contributed by atoms with Crippen LogP contribution in [0.2, 0.25) is 10.1 Å². The molecular formula is C50H63BrN2O6Si2. The zero-order valence-electron chi connectivity index (χ0n) is 36.9. The highest BCUT2D eigenvalue weighted by atomic mass is 79.9.